The minimum Gasteiger partial charge on any atom is -0.352 e. The second-order valence-corrected chi connectivity index (χ2v) is 6.76. The molecule has 0 fully saturated rings. The number of rotatable bonds is 6. The van der Waals surface area contributed by atoms with E-state index in [0.29, 0.717) is 30.3 Å². The Morgan fingerprint density at radius 3 is 2.56 bits per heavy atom. The number of carbonyl (C=O) groups excluding carboxylic acids is 1. The second kappa shape index (κ2) is 7.94. The first-order chi connectivity index (χ1) is 12.1. The maximum atomic E-state index is 12.2. The summed E-state index contributed by atoms with van der Waals surface area (Å²) >= 11 is 1.66. The molecule has 0 aliphatic rings. The molecule has 1 amide bonds. The number of nitrogens with one attached hydrogen (secondary N) is 1. The molecule has 0 aliphatic heterocycles. The summed E-state index contributed by atoms with van der Waals surface area (Å²) in [5.41, 5.74) is 2.32. The zero-order valence-corrected chi connectivity index (χ0v) is 15.0. The van der Waals surface area contributed by atoms with Crippen LogP contribution in [0.5, 0.6) is 0 Å². The van der Waals surface area contributed by atoms with Crippen LogP contribution in [0.4, 0.5) is 0 Å². The number of carbonyl (C=O) groups is 1. The maximum absolute atomic E-state index is 12.2. The van der Waals surface area contributed by atoms with Gasteiger partial charge in [0.15, 0.2) is 5.82 Å². The second-order valence-electron chi connectivity index (χ2n) is 5.87. The van der Waals surface area contributed by atoms with Gasteiger partial charge in [0.25, 0.3) is 5.91 Å². The first-order valence-electron chi connectivity index (χ1n) is 8.08. The molecule has 7 heteroatoms. The lowest BCUT2D eigenvalue weighted by Crippen LogP contribution is -2.26. The van der Waals surface area contributed by atoms with Gasteiger partial charge >= 0.3 is 0 Å². The van der Waals surface area contributed by atoms with E-state index in [4.69, 9.17) is 0 Å². The topological polar surface area (TPSA) is 80.7 Å². The van der Waals surface area contributed by atoms with Gasteiger partial charge in [-0.25, -0.2) is 15.0 Å². The van der Waals surface area contributed by atoms with E-state index in [1.165, 1.54) is 12.4 Å². The lowest BCUT2D eigenvalue weighted by Gasteiger charge is -2.05. The molecular weight excluding hydrogens is 334 g/mol. The smallest absolute Gasteiger partial charge is 0.254 e. The van der Waals surface area contributed by atoms with Crippen LogP contribution in [0.2, 0.25) is 0 Å². The Hall–Kier alpha value is -2.67. The molecule has 0 radical (unpaired) electrons. The van der Waals surface area contributed by atoms with E-state index in [2.05, 4.69) is 39.1 Å². The first kappa shape index (κ1) is 17.2. The molecule has 0 unspecified atom stereocenters. The van der Waals surface area contributed by atoms with Gasteiger partial charge < -0.3 is 5.32 Å². The Labute approximate surface area is 150 Å². The summed E-state index contributed by atoms with van der Waals surface area (Å²) in [4.78, 5) is 29.2. The van der Waals surface area contributed by atoms with Crippen molar-refractivity contribution in [2.45, 2.75) is 26.2 Å². The third-order valence-corrected chi connectivity index (χ3v) is 4.78. The van der Waals surface area contributed by atoms with Crippen molar-refractivity contribution < 1.29 is 4.79 Å². The van der Waals surface area contributed by atoms with Crippen molar-refractivity contribution in [3.05, 3.63) is 58.6 Å². The van der Waals surface area contributed by atoms with E-state index in [1.54, 1.807) is 23.7 Å². The average Bonchev–Trinajstić information content (AvgIpc) is 3.12. The molecule has 0 bridgehead atoms. The number of thiazole rings is 1. The van der Waals surface area contributed by atoms with Crippen molar-refractivity contribution in [3.63, 3.8) is 0 Å². The number of hydrogen-bond donors (Lipinski definition) is 1. The van der Waals surface area contributed by atoms with E-state index in [0.717, 1.165) is 16.3 Å². The standard InChI is InChI=1S/C18H19N5OS/c1-12(2)18-23-15(11-25-18)5-8-20-17(24)14-9-21-16(22-10-14)13-3-6-19-7-4-13/h3-4,6-7,9-12H,5,8H2,1-2H3,(H,20,24). The lowest BCUT2D eigenvalue weighted by molar-refractivity contribution is 0.0953. The van der Waals surface area contributed by atoms with Crippen LogP contribution in [-0.2, 0) is 6.42 Å². The van der Waals surface area contributed by atoms with Crippen molar-refractivity contribution in [3.8, 4) is 11.4 Å². The summed E-state index contributed by atoms with van der Waals surface area (Å²) in [5, 5.41) is 6.06. The van der Waals surface area contributed by atoms with Gasteiger partial charge in [0.2, 0.25) is 0 Å². The predicted octanol–water partition coefficient (Wildman–Crippen LogP) is 3.09. The first-order valence-corrected chi connectivity index (χ1v) is 8.96. The monoisotopic (exact) mass is 353 g/mol. The highest BCUT2D eigenvalue weighted by molar-refractivity contribution is 7.09. The molecule has 0 aromatic carbocycles. The predicted molar refractivity (Wildman–Crippen MR) is 97.5 cm³/mol. The van der Waals surface area contributed by atoms with Gasteiger partial charge in [-0.1, -0.05) is 13.8 Å². The molecule has 3 rings (SSSR count). The maximum Gasteiger partial charge on any atom is 0.254 e. The zero-order valence-electron chi connectivity index (χ0n) is 14.1. The third kappa shape index (κ3) is 4.45. The van der Waals surface area contributed by atoms with Gasteiger partial charge in [-0.3, -0.25) is 9.78 Å². The van der Waals surface area contributed by atoms with Crippen molar-refractivity contribution >= 4 is 17.2 Å². The summed E-state index contributed by atoms with van der Waals surface area (Å²) in [6.07, 6.45) is 7.16. The van der Waals surface area contributed by atoms with E-state index in [9.17, 15) is 4.79 Å². The van der Waals surface area contributed by atoms with E-state index < -0.39 is 0 Å². The SMILES string of the molecule is CC(C)c1nc(CCNC(=O)c2cnc(-c3ccncc3)nc2)cs1. The summed E-state index contributed by atoms with van der Waals surface area (Å²) in [7, 11) is 0. The minimum absolute atomic E-state index is 0.180. The molecule has 3 aromatic rings. The van der Waals surface area contributed by atoms with Gasteiger partial charge in [0.05, 0.1) is 16.3 Å². The quantitative estimate of drug-likeness (QED) is 0.736. The van der Waals surface area contributed by atoms with Gasteiger partial charge in [-0.05, 0) is 12.1 Å². The zero-order chi connectivity index (χ0) is 17.6. The highest BCUT2D eigenvalue weighted by Crippen LogP contribution is 2.19. The van der Waals surface area contributed by atoms with Crippen LogP contribution in [0.15, 0.2) is 42.3 Å². The Balaban J connectivity index is 1.54. The Morgan fingerprint density at radius 2 is 1.92 bits per heavy atom. The number of pyridine rings is 1. The van der Waals surface area contributed by atoms with Crippen molar-refractivity contribution in [1.29, 1.82) is 0 Å². The molecule has 0 atom stereocenters. The van der Waals surface area contributed by atoms with Gasteiger partial charge in [-0.2, -0.15) is 0 Å². The molecule has 128 valence electrons. The van der Waals surface area contributed by atoms with Crippen molar-refractivity contribution in [1.82, 2.24) is 25.3 Å². The van der Waals surface area contributed by atoms with E-state index in [1.807, 2.05) is 17.5 Å². The van der Waals surface area contributed by atoms with Crippen LogP contribution in [0.3, 0.4) is 0 Å². The molecular formula is C18H19N5OS. The molecule has 0 aliphatic carbocycles. The normalized spacial score (nSPS) is 10.8. The Kier molecular flexibility index (Phi) is 5.45. The third-order valence-electron chi connectivity index (χ3n) is 3.58. The van der Waals surface area contributed by atoms with E-state index >= 15 is 0 Å². The number of aromatic nitrogens is 4. The number of hydrogen-bond acceptors (Lipinski definition) is 6. The molecule has 1 N–H and O–H groups in total. The number of amides is 1. The van der Waals surface area contributed by atoms with Crippen molar-refractivity contribution in [2.24, 2.45) is 0 Å². The van der Waals surface area contributed by atoms with Gasteiger partial charge in [0, 0.05) is 54.6 Å². The molecule has 0 saturated heterocycles. The summed E-state index contributed by atoms with van der Waals surface area (Å²) < 4.78 is 0. The highest BCUT2D eigenvalue weighted by Gasteiger charge is 2.09. The molecule has 3 heterocycles. The summed E-state index contributed by atoms with van der Waals surface area (Å²) in [6.45, 7) is 4.78. The van der Waals surface area contributed by atoms with Crippen molar-refractivity contribution in [2.75, 3.05) is 6.54 Å². The Morgan fingerprint density at radius 1 is 1.20 bits per heavy atom. The number of nitrogens with zero attached hydrogens (tertiary/aromatic N) is 4. The largest absolute Gasteiger partial charge is 0.352 e. The highest BCUT2D eigenvalue weighted by atomic mass is 32.1. The minimum atomic E-state index is -0.180. The molecule has 25 heavy (non-hydrogen) atoms. The summed E-state index contributed by atoms with van der Waals surface area (Å²) in [6, 6.07) is 3.66. The van der Waals surface area contributed by atoms with Crippen LogP contribution >= 0.6 is 11.3 Å². The molecule has 3 aromatic heterocycles. The van der Waals surface area contributed by atoms with Crippen LogP contribution in [-0.4, -0.2) is 32.4 Å². The van der Waals surface area contributed by atoms with Crippen LogP contribution in [0.1, 0.15) is 40.8 Å². The van der Waals surface area contributed by atoms with E-state index in [-0.39, 0.29) is 5.91 Å². The lowest BCUT2D eigenvalue weighted by atomic mass is 10.2. The van der Waals surface area contributed by atoms with Crippen LogP contribution < -0.4 is 5.32 Å². The molecule has 0 spiro atoms. The summed E-state index contributed by atoms with van der Waals surface area (Å²) in [5.74, 6) is 0.827. The molecule has 6 nitrogen and oxygen atoms in total. The average molecular weight is 353 g/mol. The fourth-order valence-electron chi connectivity index (χ4n) is 2.20. The van der Waals surface area contributed by atoms with Gasteiger partial charge in [0.1, 0.15) is 0 Å². The van der Waals surface area contributed by atoms with Crippen LogP contribution in [0, 0.1) is 0 Å². The fourth-order valence-corrected chi connectivity index (χ4v) is 3.07. The fraction of sp³-hybridized carbons (Fsp3) is 0.278. The molecule has 0 saturated carbocycles. The van der Waals surface area contributed by atoms with Crippen LogP contribution in [0.25, 0.3) is 11.4 Å². The van der Waals surface area contributed by atoms with Gasteiger partial charge in [-0.15, -0.1) is 11.3 Å². The Bertz CT molecular complexity index is 830.